The van der Waals surface area contributed by atoms with Gasteiger partial charge in [0.15, 0.2) is 0 Å². The topological polar surface area (TPSA) is 63.5 Å². The van der Waals surface area contributed by atoms with Crippen LogP contribution in [0.25, 0.3) is 0 Å². The summed E-state index contributed by atoms with van der Waals surface area (Å²) in [6.07, 6.45) is 4.57. The maximum atomic E-state index is 12.4. The number of likely N-dealkylation sites (tertiary alicyclic amines) is 1. The lowest BCUT2D eigenvalue weighted by molar-refractivity contribution is -0.384. The highest BCUT2D eigenvalue weighted by atomic mass is 32.2. The number of thioether (sulfide) groups is 1. The molecule has 1 atom stereocenters. The van der Waals surface area contributed by atoms with E-state index in [0.717, 1.165) is 30.8 Å². The molecule has 0 aromatic heterocycles. The van der Waals surface area contributed by atoms with Crippen LogP contribution in [-0.2, 0) is 4.79 Å². The number of carbonyl (C=O) groups is 1. The van der Waals surface area contributed by atoms with Crippen molar-refractivity contribution >= 4 is 23.4 Å². The molecule has 1 fully saturated rings. The Morgan fingerprint density at radius 2 is 1.76 bits per heavy atom. The van der Waals surface area contributed by atoms with Crippen molar-refractivity contribution in [2.75, 3.05) is 13.1 Å². The molecule has 1 amide bonds. The average molecular weight is 308 g/mol. The summed E-state index contributed by atoms with van der Waals surface area (Å²) in [6.45, 7) is 3.60. The SMILES string of the molecule is CC(Sc1ccc([N+](=O)[O-])cc1)C(=O)N1CCCCCC1. The van der Waals surface area contributed by atoms with Gasteiger partial charge in [0.1, 0.15) is 0 Å². The zero-order valence-corrected chi connectivity index (χ0v) is 13.0. The molecule has 2 rings (SSSR count). The van der Waals surface area contributed by atoms with E-state index in [-0.39, 0.29) is 16.8 Å². The van der Waals surface area contributed by atoms with E-state index < -0.39 is 4.92 Å². The number of benzene rings is 1. The number of nitro groups is 1. The molecule has 1 unspecified atom stereocenters. The van der Waals surface area contributed by atoms with Gasteiger partial charge in [-0.2, -0.15) is 0 Å². The lowest BCUT2D eigenvalue weighted by Gasteiger charge is -2.23. The van der Waals surface area contributed by atoms with Crippen LogP contribution in [0.1, 0.15) is 32.6 Å². The molecule has 21 heavy (non-hydrogen) atoms. The van der Waals surface area contributed by atoms with Crippen LogP contribution in [0.15, 0.2) is 29.2 Å². The molecule has 0 radical (unpaired) electrons. The van der Waals surface area contributed by atoms with Gasteiger partial charge in [0.05, 0.1) is 10.2 Å². The Balaban J connectivity index is 1.94. The fraction of sp³-hybridized carbons (Fsp3) is 0.533. The molecular weight excluding hydrogens is 288 g/mol. The van der Waals surface area contributed by atoms with Crippen molar-refractivity contribution in [3.8, 4) is 0 Å². The number of carbonyl (C=O) groups excluding carboxylic acids is 1. The van der Waals surface area contributed by atoms with Crippen LogP contribution in [0.2, 0.25) is 0 Å². The van der Waals surface area contributed by atoms with Gasteiger partial charge in [-0.15, -0.1) is 11.8 Å². The molecule has 114 valence electrons. The van der Waals surface area contributed by atoms with Gasteiger partial charge in [-0.25, -0.2) is 0 Å². The Labute approximate surface area is 128 Å². The van der Waals surface area contributed by atoms with E-state index >= 15 is 0 Å². The summed E-state index contributed by atoms with van der Waals surface area (Å²) in [7, 11) is 0. The van der Waals surface area contributed by atoms with Crippen molar-refractivity contribution in [1.82, 2.24) is 4.90 Å². The second kappa shape index (κ2) is 7.45. The number of nitrogens with zero attached hydrogens (tertiary/aromatic N) is 2. The van der Waals surface area contributed by atoms with Crippen molar-refractivity contribution in [3.63, 3.8) is 0 Å². The van der Waals surface area contributed by atoms with Crippen LogP contribution in [0.3, 0.4) is 0 Å². The Hall–Kier alpha value is -1.56. The molecule has 1 aliphatic rings. The highest BCUT2D eigenvalue weighted by Gasteiger charge is 2.22. The minimum absolute atomic E-state index is 0.0749. The minimum atomic E-state index is -0.416. The first-order valence-electron chi connectivity index (χ1n) is 7.28. The molecule has 1 aliphatic heterocycles. The Morgan fingerprint density at radius 1 is 1.19 bits per heavy atom. The Bertz CT molecular complexity index is 496. The van der Waals surface area contributed by atoms with Crippen molar-refractivity contribution in [2.24, 2.45) is 0 Å². The van der Waals surface area contributed by atoms with Crippen LogP contribution in [0, 0.1) is 10.1 Å². The molecule has 0 N–H and O–H groups in total. The second-order valence-corrected chi connectivity index (χ2v) is 6.66. The predicted molar refractivity (Wildman–Crippen MR) is 83.5 cm³/mol. The molecule has 1 aromatic carbocycles. The monoisotopic (exact) mass is 308 g/mol. The van der Waals surface area contributed by atoms with Gasteiger partial charge >= 0.3 is 0 Å². The fourth-order valence-corrected chi connectivity index (χ4v) is 3.40. The lowest BCUT2D eigenvalue weighted by atomic mass is 10.2. The summed E-state index contributed by atoms with van der Waals surface area (Å²) in [5, 5.41) is 10.5. The summed E-state index contributed by atoms with van der Waals surface area (Å²) >= 11 is 1.46. The third-order valence-electron chi connectivity index (χ3n) is 3.63. The fourth-order valence-electron chi connectivity index (χ4n) is 2.45. The zero-order chi connectivity index (χ0) is 15.2. The summed E-state index contributed by atoms with van der Waals surface area (Å²) in [5.41, 5.74) is 0.0749. The van der Waals surface area contributed by atoms with Crippen molar-refractivity contribution < 1.29 is 9.72 Å². The summed E-state index contributed by atoms with van der Waals surface area (Å²) < 4.78 is 0. The number of non-ortho nitro benzene ring substituents is 1. The molecular formula is C15H20N2O3S. The van der Waals surface area contributed by atoms with Crippen molar-refractivity contribution in [1.29, 1.82) is 0 Å². The van der Waals surface area contributed by atoms with Gasteiger partial charge in [-0.1, -0.05) is 12.8 Å². The van der Waals surface area contributed by atoms with E-state index in [1.807, 2.05) is 11.8 Å². The van der Waals surface area contributed by atoms with Crippen LogP contribution in [-0.4, -0.2) is 34.1 Å². The molecule has 0 aliphatic carbocycles. The molecule has 1 aromatic rings. The Morgan fingerprint density at radius 3 is 2.29 bits per heavy atom. The van der Waals surface area contributed by atoms with E-state index in [0.29, 0.717) is 0 Å². The van der Waals surface area contributed by atoms with Crippen LogP contribution >= 0.6 is 11.8 Å². The van der Waals surface area contributed by atoms with Crippen LogP contribution in [0.4, 0.5) is 5.69 Å². The van der Waals surface area contributed by atoms with Crippen LogP contribution < -0.4 is 0 Å². The van der Waals surface area contributed by atoms with E-state index in [4.69, 9.17) is 0 Å². The molecule has 0 bridgehead atoms. The zero-order valence-electron chi connectivity index (χ0n) is 12.2. The standard InChI is InChI=1S/C15H20N2O3S/c1-12(15(18)16-10-4-2-3-5-11-16)21-14-8-6-13(7-9-14)17(19)20/h6-9,12H,2-5,10-11H2,1H3. The molecule has 5 nitrogen and oxygen atoms in total. The first-order chi connectivity index (χ1) is 10.1. The van der Waals surface area contributed by atoms with Gasteiger partial charge in [-0.3, -0.25) is 14.9 Å². The number of hydrogen-bond acceptors (Lipinski definition) is 4. The smallest absolute Gasteiger partial charge is 0.269 e. The van der Waals surface area contributed by atoms with E-state index in [9.17, 15) is 14.9 Å². The molecule has 1 heterocycles. The number of nitro benzene ring substituents is 1. The van der Waals surface area contributed by atoms with Gasteiger partial charge in [0, 0.05) is 30.1 Å². The van der Waals surface area contributed by atoms with Crippen LogP contribution in [0.5, 0.6) is 0 Å². The highest BCUT2D eigenvalue weighted by Crippen LogP contribution is 2.27. The molecule has 1 saturated heterocycles. The predicted octanol–water partition coefficient (Wildman–Crippen LogP) is 3.48. The molecule has 6 heteroatoms. The first kappa shape index (κ1) is 15.8. The van der Waals surface area contributed by atoms with Gasteiger partial charge in [0.2, 0.25) is 5.91 Å². The third-order valence-corrected chi connectivity index (χ3v) is 4.73. The average Bonchev–Trinajstić information content (AvgIpc) is 2.76. The number of amides is 1. The van der Waals surface area contributed by atoms with Gasteiger partial charge in [-0.05, 0) is 31.9 Å². The van der Waals surface area contributed by atoms with E-state index in [2.05, 4.69) is 0 Å². The third kappa shape index (κ3) is 4.46. The first-order valence-corrected chi connectivity index (χ1v) is 8.16. The van der Waals surface area contributed by atoms with Gasteiger partial charge in [0.25, 0.3) is 5.69 Å². The largest absolute Gasteiger partial charge is 0.342 e. The number of hydrogen-bond donors (Lipinski definition) is 0. The summed E-state index contributed by atoms with van der Waals surface area (Å²) in [6, 6.07) is 6.36. The maximum Gasteiger partial charge on any atom is 0.269 e. The van der Waals surface area contributed by atoms with E-state index in [1.165, 1.54) is 36.7 Å². The quantitative estimate of drug-likeness (QED) is 0.485. The lowest BCUT2D eigenvalue weighted by Crippen LogP contribution is -2.37. The normalized spacial score (nSPS) is 17.1. The molecule has 0 spiro atoms. The summed E-state index contributed by atoms with van der Waals surface area (Å²) in [4.78, 5) is 25.5. The minimum Gasteiger partial charge on any atom is -0.342 e. The molecule has 0 saturated carbocycles. The maximum absolute atomic E-state index is 12.4. The summed E-state index contributed by atoms with van der Waals surface area (Å²) in [5.74, 6) is 0.167. The Kier molecular flexibility index (Phi) is 5.61. The highest BCUT2D eigenvalue weighted by molar-refractivity contribution is 8.00. The van der Waals surface area contributed by atoms with Crippen molar-refractivity contribution in [2.45, 2.75) is 42.8 Å². The second-order valence-electron chi connectivity index (χ2n) is 5.25. The van der Waals surface area contributed by atoms with Crippen molar-refractivity contribution in [3.05, 3.63) is 34.4 Å². The van der Waals surface area contributed by atoms with E-state index in [1.54, 1.807) is 12.1 Å². The number of rotatable bonds is 4. The van der Waals surface area contributed by atoms with Gasteiger partial charge < -0.3 is 4.90 Å².